The van der Waals surface area contributed by atoms with Crippen molar-refractivity contribution in [3.8, 4) is 0 Å². The number of ether oxygens (including phenoxy) is 1. The summed E-state index contributed by atoms with van der Waals surface area (Å²) in [6, 6.07) is 8.00. The van der Waals surface area contributed by atoms with Gasteiger partial charge in [-0.15, -0.1) is 0 Å². The third-order valence-electron chi connectivity index (χ3n) is 4.66. The van der Waals surface area contributed by atoms with E-state index in [2.05, 4.69) is 4.72 Å². The number of benzene rings is 1. The highest BCUT2D eigenvalue weighted by Crippen LogP contribution is 2.42. The van der Waals surface area contributed by atoms with Crippen LogP contribution in [0.1, 0.15) is 49.3 Å². The first-order chi connectivity index (χ1) is 10.6. The Bertz CT molecular complexity index is 604. The molecule has 2 aliphatic rings. The average Bonchev–Trinajstić information content (AvgIpc) is 3.19. The topological polar surface area (TPSA) is 55.4 Å². The van der Waals surface area contributed by atoms with Gasteiger partial charge < -0.3 is 4.74 Å². The Morgan fingerprint density at radius 3 is 2.68 bits per heavy atom. The predicted octanol–water partition coefficient (Wildman–Crippen LogP) is 2.93. The second-order valence-electron chi connectivity index (χ2n) is 6.53. The molecule has 22 heavy (non-hydrogen) atoms. The molecule has 1 N–H and O–H groups in total. The first-order valence-corrected chi connectivity index (χ1v) is 9.87. The maximum absolute atomic E-state index is 12.4. The van der Waals surface area contributed by atoms with Crippen molar-refractivity contribution in [3.63, 3.8) is 0 Å². The fraction of sp³-hybridized carbons (Fsp3) is 0.647. The molecule has 1 aromatic rings. The fourth-order valence-corrected chi connectivity index (χ4v) is 4.59. The molecule has 1 saturated carbocycles. The van der Waals surface area contributed by atoms with E-state index in [-0.39, 0.29) is 17.9 Å². The van der Waals surface area contributed by atoms with E-state index in [9.17, 15) is 8.42 Å². The van der Waals surface area contributed by atoms with Crippen LogP contribution >= 0.6 is 0 Å². The summed E-state index contributed by atoms with van der Waals surface area (Å²) in [5, 5.41) is 0. The monoisotopic (exact) mass is 323 g/mol. The van der Waals surface area contributed by atoms with Crippen LogP contribution in [0.25, 0.3) is 0 Å². The van der Waals surface area contributed by atoms with Gasteiger partial charge in [0.1, 0.15) is 0 Å². The Kier molecular flexibility index (Phi) is 4.85. The molecule has 0 bridgehead atoms. The minimum absolute atomic E-state index is 0.0734. The van der Waals surface area contributed by atoms with Crippen molar-refractivity contribution < 1.29 is 13.2 Å². The van der Waals surface area contributed by atoms with Crippen LogP contribution in [-0.4, -0.2) is 26.9 Å². The van der Waals surface area contributed by atoms with Gasteiger partial charge in [0.2, 0.25) is 10.0 Å². The minimum Gasteiger partial charge on any atom is -0.378 e. The lowest BCUT2D eigenvalue weighted by molar-refractivity contribution is 0.108. The van der Waals surface area contributed by atoms with Crippen LogP contribution < -0.4 is 4.72 Å². The highest BCUT2D eigenvalue weighted by Gasteiger charge is 2.35. The number of rotatable bonds is 7. The summed E-state index contributed by atoms with van der Waals surface area (Å²) < 4.78 is 33.4. The minimum atomic E-state index is -3.27. The van der Waals surface area contributed by atoms with Gasteiger partial charge >= 0.3 is 0 Å². The summed E-state index contributed by atoms with van der Waals surface area (Å²) >= 11 is 0. The molecule has 122 valence electrons. The lowest BCUT2D eigenvalue weighted by Crippen LogP contribution is -2.33. The lowest BCUT2D eigenvalue weighted by Gasteiger charge is -2.21. The lowest BCUT2D eigenvalue weighted by atomic mass is 9.99. The van der Waals surface area contributed by atoms with E-state index < -0.39 is 10.0 Å². The molecule has 1 aliphatic carbocycles. The van der Waals surface area contributed by atoms with Crippen molar-refractivity contribution in [3.05, 3.63) is 35.4 Å². The van der Waals surface area contributed by atoms with Crippen LogP contribution in [-0.2, 0) is 14.8 Å². The molecule has 2 unspecified atom stereocenters. The second-order valence-corrected chi connectivity index (χ2v) is 8.41. The van der Waals surface area contributed by atoms with Crippen molar-refractivity contribution in [2.24, 2.45) is 5.92 Å². The molecule has 1 aliphatic heterocycles. The smallest absolute Gasteiger partial charge is 0.212 e. The molecular weight excluding hydrogens is 298 g/mol. The highest BCUT2D eigenvalue weighted by molar-refractivity contribution is 7.89. The normalized spacial score (nSPS) is 23.6. The van der Waals surface area contributed by atoms with E-state index in [4.69, 9.17) is 4.74 Å². The Morgan fingerprint density at radius 1 is 1.27 bits per heavy atom. The summed E-state index contributed by atoms with van der Waals surface area (Å²) in [6.07, 6.45) is 4.96. The molecule has 5 heteroatoms. The zero-order valence-corrected chi connectivity index (χ0v) is 13.9. The molecule has 1 saturated heterocycles. The average molecular weight is 323 g/mol. The van der Waals surface area contributed by atoms with Gasteiger partial charge in [-0.25, -0.2) is 13.1 Å². The zero-order chi connectivity index (χ0) is 15.6. The van der Waals surface area contributed by atoms with Gasteiger partial charge in [-0.3, -0.25) is 0 Å². The first kappa shape index (κ1) is 16.0. The number of aryl methyl sites for hydroxylation is 1. The van der Waals surface area contributed by atoms with Crippen LogP contribution in [0.4, 0.5) is 0 Å². The molecule has 2 fully saturated rings. The molecule has 0 amide bonds. The second kappa shape index (κ2) is 6.69. The highest BCUT2D eigenvalue weighted by atomic mass is 32.2. The van der Waals surface area contributed by atoms with Gasteiger partial charge in [0, 0.05) is 12.6 Å². The van der Waals surface area contributed by atoms with Crippen molar-refractivity contribution in [1.29, 1.82) is 0 Å². The Labute approximate surface area is 133 Å². The van der Waals surface area contributed by atoms with Crippen molar-refractivity contribution in [2.45, 2.75) is 51.2 Å². The molecule has 0 aromatic heterocycles. The van der Waals surface area contributed by atoms with Gasteiger partial charge in [0.25, 0.3) is 0 Å². The third-order valence-corrected chi connectivity index (χ3v) is 6.04. The van der Waals surface area contributed by atoms with E-state index >= 15 is 0 Å². The maximum Gasteiger partial charge on any atom is 0.212 e. The molecule has 1 heterocycles. The maximum atomic E-state index is 12.4. The van der Waals surface area contributed by atoms with E-state index in [1.54, 1.807) is 0 Å². The fourth-order valence-electron chi connectivity index (χ4n) is 3.19. The van der Waals surface area contributed by atoms with Gasteiger partial charge in [-0.1, -0.05) is 24.3 Å². The SMILES string of the molecule is Cc1ccccc1C(NS(=O)(=O)CCC1CCCO1)C1CC1. The summed E-state index contributed by atoms with van der Waals surface area (Å²) in [5.74, 6) is 0.603. The molecule has 0 spiro atoms. The number of sulfonamides is 1. The summed E-state index contributed by atoms with van der Waals surface area (Å²) in [5.41, 5.74) is 2.27. The van der Waals surface area contributed by atoms with Crippen molar-refractivity contribution in [2.75, 3.05) is 12.4 Å². The van der Waals surface area contributed by atoms with Crippen LogP contribution in [0.5, 0.6) is 0 Å². The van der Waals surface area contributed by atoms with E-state index in [1.165, 1.54) is 0 Å². The summed E-state index contributed by atoms with van der Waals surface area (Å²) in [4.78, 5) is 0. The van der Waals surface area contributed by atoms with Crippen molar-refractivity contribution >= 4 is 10.0 Å². The predicted molar refractivity (Wildman–Crippen MR) is 87.2 cm³/mol. The van der Waals surface area contributed by atoms with Crippen molar-refractivity contribution in [1.82, 2.24) is 4.72 Å². The van der Waals surface area contributed by atoms with E-state index in [0.29, 0.717) is 12.3 Å². The van der Waals surface area contributed by atoms with Gasteiger partial charge in [-0.05, 0) is 56.1 Å². The summed E-state index contributed by atoms with van der Waals surface area (Å²) in [6.45, 7) is 2.82. The quantitative estimate of drug-likeness (QED) is 0.839. The molecule has 1 aromatic carbocycles. The van der Waals surface area contributed by atoms with Gasteiger partial charge in [-0.2, -0.15) is 0 Å². The molecule has 2 atom stereocenters. The third kappa shape index (κ3) is 4.09. The van der Waals surface area contributed by atoms with Crippen LogP contribution in [0.2, 0.25) is 0 Å². The number of hydrogen-bond donors (Lipinski definition) is 1. The standard InChI is InChI=1S/C17H25NO3S/c1-13-5-2-3-7-16(13)17(14-8-9-14)18-22(19,20)12-10-15-6-4-11-21-15/h2-3,5,7,14-15,17-18H,4,6,8-12H2,1H3. The number of hydrogen-bond acceptors (Lipinski definition) is 3. The van der Waals surface area contributed by atoms with Crippen LogP contribution in [0.3, 0.4) is 0 Å². The van der Waals surface area contributed by atoms with Crippen LogP contribution in [0.15, 0.2) is 24.3 Å². The Balaban J connectivity index is 1.66. The van der Waals surface area contributed by atoms with E-state index in [1.807, 2.05) is 31.2 Å². The van der Waals surface area contributed by atoms with Gasteiger partial charge in [0.15, 0.2) is 0 Å². The first-order valence-electron chi connectivity index (χ1n) is 8.22. The molecular formula is C17H25NO3S. The molecule has 0 radical (unpaired) electrons. The Morgan fingerprint density at radius 2 is 2.05 bits per heavy atom. The molecule has 4 nitrogen and oxygen atoms in total. The Hall–Kier alpha value is -0.910. The number of nitrogens with one attached hydrogen (secondary N) is 1. The summed E-state index contributed by atoms with van der Waals surface area (Å²) in [7, 11) is -3.27. The zero-order valence-electron chi connectivity index (χ0n) is 13.1. The van der Waals surface area contributed by atoms with Gasteiger partial charge in [0.05, 0.1) is 11.9 Å². The largest absolute Gasteiger partial charge is 0.378 e. The van der Waals surface area contributed by atoms with E-state index in [0.717, 1.165) is 43.4 Å². The molecule has 3 rings (SSSR count). The van der Waals surface area contributed by atoms with Crippen LogP contribution in [0, 0.1) is 12.8 Å².